The van der Waals surface area contributed by atoms with Crippen molar-refractivity contribution in [3.63, 3.8) is 0 Å². The molecule has 2 aromatic rings. The Labute approximate surface area is 103 Å². The van der Waals surface area contributed by atoms with E-state index in [2.05, 4.69) is 4.98 Å². The van der Waals surface area contributed by atoms with Crippen molar-refractivity contribution in [3.8, 4) is 22.6 Å². The summed E-state index contributed by atoms with van der Waals surface area (Å²) in [6.07, 6.45) is 2.99. The SMILES string of the molecule is O=C(O)c1ccncc1-c1ccc2c(c1)OCO2. The van der Waals surface area contributed by atoms with E-state index in [1.54, 1.807) is 18.2 Å². The molecule has 3 rings (SSSR count). The summed E-state index contributed by atoms with van der Waals surface area (Å²) in [6.45, 7) is 0.192. The van der Waals surface area contributed by atoms with E-state index in [1.807, 2.05) is 0 Å². The van der Waals surface area contributed by atoms with Crippen molar-refractivity contribution in [3.05, 3.63) is 42.2 Å². The molecule has 5 nitrogen and oxygen atoms in total. The standard InChI is InChI=1S/C13H9NO4/c15-13(16)9-3-4-14-6-10(9)8-1-2-11-12(5-8)18-7-17-11/h1-6H,7H2,(H,15,16). The van der Waals surface area contributed by atoms with E-state index in [9.17, 15) is 4.79 Å². The molecule has 1 aromatic carbocycles. The first-order chi connectivity index (χ1) is 8.75. The molecule has 1 aromatic heterocycles. The van der Waals surface area contributed by atoms with Gasteiger partial charge >= 0.3 is 5.97 Å². The Morgan fingerprint density at radius 1 is 1.22 bits per heavy atom. The fourth-order valence-corrected chi connectivity index (χ4v) is 1.88. The van der Waals surface area contributed by atoms with Gasteiger partial charge in [-0.05, 0) is 23.8 Å². The third-order valence-electron chi connectivity index (χ3n) is 2.74. The average Bonchev–Trinajstić information content (AvgIpc) is 2.85. The van der Waals surface area contributed by atoms with E-state index in [1.165, 1.54) is 18.5 Å². The zero-order chi connectivity index (χ0) is 12.5. The Balaban J connectivity index is 2.13. The molecule has 18 heavy (non-hydrogen) atoms. The van der Waals surface area contributed by atoms with Gasteiger partial charge in [0.1, 0.15) is 0 Å². The Bertz CT molecular complexity index is 624. The third kappa shape index (κ3) is 1.66. The lowest BCUT2D eigenvalue weighted by atomic mass is 10.0. The van der Waals surface area contributed by atoms with Gasteiger partial charge in [0.05, 0.1) is 5.56 Å². The monoisotopic (exact) mass is 243 g/mol. The zero-order valence-corrected chi connectivity index (χ0v) is 9.29. The fourth-order valence-electron chi connectivity index (χ4n) is 1.88. The first-order valence-electron chi connectivity index (χ1n) is 5.33. The minimum atomic E-state index is -0.981. The maximum atomic E-state index is 11.1. The van der Waals surface area contributed by atoms with Gasteiger partial charge in [-0.15, -0.1) is 0 Å². The first kappa shape index (κ1) is 10.6. The first-order valence-corrected chi connectivity index (χ1v) is 5.33. The predicted octanol–water partition coefficient (Wildman–Crippen LogP) is 2.18. The number of nitrogens with zero attached hydrogens (tertiary/aromatic N) is 1. The van der Waals surface area contributed by atoms with Gasteiger partial charge in [-0.25, -0.2) is 4.79 Å². The zero-order valence-electron chi connectivity index (χ0n) is 9.29. The topological polar surface area (TPSA) is 68.7 Å². The van der Waals surface area contributed by atoms with Crippen LogP contribution in [0.1, 0.15) is 10.4 Å². The minimum absolute atomic E-state index is 0.192. The van der Waals surface area contributed by atoms with Crippen molar-refractivity contribution in [2.24, 2.45) is 0 Å². The summed E-state index contributed by atoms with van der Waals surface area (Å²) < 4.78 is 10.5. The van der Waals surface area contributed by atoms with E-state index in [0.29, 0.717) is 17.1 Å². The number of fused-ring (bicyclic) bond motifs is 1. The van der Waals surface area contributed by atoms with Crippen molar-refractivity contribution >= 4 is 5.97 Å². The van der Waals surface area contributed by atoms with Crippen molar-refractivity contribution in [2.75, 3.05) is 6.79 Å². The van der Waals surface area contributed by atoms with Gasteiger partial charge in [0.25, 0.3) is 0 Å². The van der Waals surface area contributed by atoms with Crippen LogP contribution in [0.4, 0.5) is 0 Å². The van der Waals surface area contributed by atoms with Crippen LogP contribution in [0.15, 0.2) is 36.7 Å². The van der Waals surface area contributed by atoms with Gasteiger partial charge in [-0.2, -0.15) is 0 Å². The largest absolute Gasteiger partial charge is 0.478 e. The highest BCUT2D eigenvalue weighted by molar-refractivity contribution is 5.95. The van der Waals surface area contributed by atoms with Crippen LogP contribution in [-0.2, 0) is 0 Å². The maximum absolute atomic E-state index is 11.1. The highest BCUT2D eigenvalue weighted by Crippen LogP contribution is 2.36. The van der Waals surface area contributed by atoms with Crippen molar-refractivity contribution < 1.29 is 19.4 Å². The summed E-state index contributed by atoms with van der Waals surface area (Å²) in [4.78, 5) is 15.1. The molecular weight excluding hydrogens is 234 g/mol. The van der Waals surface area contributed by atoms with Crippen molar-refractivity contribution in [1.29, 1.82) is 0 Å². The molecule has 1 aliphatic heterocycles. The van der Waals surface area contributed by atoms with E-state index in [0.717, 1.165) is 5.56 Å². The van der Waals surface area contributed by atoms with Crippen LogP contribution in [-0.4, -0.2) is 22.9 Å². The molecule has 0 spiro atoms. The summed E-state index contributed by atoms with van der Waals surface area (Å²) in [6, 6.07) is 6.78. The second kappa shape index (κ2) is 4.03. The van der Waals surface area contributed by atoms with E-state index < -0.39 is 5.97 Å². The molecular formula is C13H9NO4. The molecule has 1 N–H and O–H groups in total. The fraction of sp³-hybridized carbons (Fsp3) is 0.0769. The summed E-state index contributed by atoms with van der Waals surface area (Å²) in [5.41, 5.74) is 1.51. The van der Waals surface area contributed by atoms with E-state index in [4.69, 9.17) is 14.6 Å². The van der Waals surface area contributed by atoms with Gasteiger partial charge in [-0.1, -0.05) is 6.07 Å². The Morgan fingerprint density at radius 3 is 2.89 bits per heavy atom. The molecule has 90 valence electrons. The van der Waals surface area contributed by atoms with Gasteiger partial charge in [0.15, 0.2) is 11.5 Å². The van der Waals surface area contributed by atoms with Gasteiger partial charge in [-0.3, -0.25) is 4.98 Å². The number of benzene rings is 1. The van der Waals surface area contributed by atoms with Crippen molar-refractivity contribution in [2.45, 2.75) is 0 Å². The molecule has 0 saturated carbocycles. The number of aromatic nitrogens is 1. The maximum Gasteiger partial charge on any atom is 0.336 e. The number of carboxylic acids is 1. The van der Waals surface area contributed by atoms with E-state index >= 15 is 0 Å². The summed E-state index contributed by atoms with van der Waals surface area (Å²) >= 11 is 0. The normalized spacial score (nSPS) is 12.4. The minimum Gasteiger partial charge on any atom is -0.478 e. The van der Waals surface area contributed by atoms with Crippen LogP contribution in [0, 0.1) is 0 Å². The lowest BCUT2D eigenvalue weighted by Gasteiger charge is -2.06. The molecule has 1 aliphatic rings. The predicted molar refractivity (Wildman–Crippen MR) is 62.8 cm³/mol. The molecule has 0 amide bonds. The molecule has 0 radical (unpaired) electrons. The molecule has 0 fully saturated rings. The van der Waals surface area contributed by atoms with Gasteiger partial charge in [0, 0.05) is 18.0 Å². The lowest BCUT2D eigenvalue weighted by molar-refractivity contribution is 0.0697. The third-order valence-corrected chi connectivity index (χ3v) is 2.74. The number of rotatable bonds is 2. The van der Waals surface area contributed by atoms with Crippen LogP contribution >= 0.6 is 0 Å². The second-order valence-corrected chi connectivity index (χ2v) is 3.79. The molecule has 0 unspecified atom stereocenters. The summed E-state index contributed by atoms with van der Waals surface area (Å²) in [7, 11) is 0. The van der Waals surface area contributed by atoms with Crippen LogP contribution in [0.25, 0.3) is 11.1 Å². The molecule has 2 heterocycles. The Hall–Kier alpha value is -2.56. The van der Waals surface area contributed by atoms with Crippen LogP contribution in [0.2, 0.25) is 0 Å². The number of hydrogen-bond acceptors (Lipinski definition) is 4. The van der Waals surface area contributed by atoms with Crippen LogP contribution in [0.5, 0.6) is 11.5 Å². The number of pyridine rings is 1. The van der Waals surface area contributed by atoms with Gasteiger partial charge in [0.2, 0.25) is 6.79 Å². The average molecular weight is 243 g/mol. The van der Waals surface area contributed by atoms with Crippen molar-refractivity contribution in [1.82, 2.24) is 4.98 Å². The van der Waals surface area contributed by atoms with E-state index in [-0.39, 0.29) is 12.4 Å². The molecule has 0 atom stereocenters. The Morgan fingerprint density at radius 2 is 2.06 bits per heavy atom. The second-order valence-electron chi connectivity index (χ2n) is 3.79. The summed E-state index contributed by atoms with van der Waals surface area (Å²) in [5, 5.41) is 9.14. The molecule has 0 saturated heterocycles. The highest BCUT2D eigenvalue weighted by atomic mass is 16.7. The van der Waals surface area contributed by atoms with Crippen LogP contribution in [0.3, 0.4) is 0 Å². The van der Waals surface area contributed by atoms with Crippen LogP contribution < -0.4 is 9.47 Å². The van der Waals surface area contributed by atoms with Gasteiger partial charge < -0.3 is 14.6 Å². The summed E-state index contributed by atoms with van der Waals surface area (Å²) in [5.74, 6) is 0.303. The quantitative estimate of drug-likeness (QED) is 0.875. The lowest BCUT2D eigenvalue weighted by Crippen LogP contribution is -1.99. The number of aromatic carboxylic acids is 1. The Kier molecular flexibility index (Phi) is 2.37. The smallest absolute Gasteiger partial charge is 0.336 e. The number of hydrogen-bond donors (Lipinski definition) is 1. The number of carbonyl (C=O) groups is 1. The highest BCUT2D eigenvalue weighted by Gasteiger charge is 2.17. The molecule has 0 aliphatic carbocycles. The molecule has 5 heteroatoms. The number of carboxylic acid groups (broad SMARTS) is 1. The molecule has 0 bridgehead atoms. The number of ether oxygens (including phenoxy) is 2.